The first kappa shape index (κ1) is 15.5. The van der Waals surface area contributed by atoms with Gasteiger partial charge in [-0.15, -0.1) is 0 Å². The molecule has 0 saturated carbocycles. The van der Waals surface area contributed by atoms with Gasteiger partial charge in [0.15, 0.2) is 0 Å². The van der Waals surface area contributed by atoms with Crippen molar-refractivity contribution in [3.05, 3.63) is 23.8 Å². The third kappa shape index (κ3) is 4.03. The summed E-state index contributed by atoms with van der Waals surface area (Å²) in [5.41, 5.74) is -2.54. The van der Waals surface area contributed by atoms with Crippen molar-refractivity contribution < 1.29 is 21.6 Å². The molecule has 0 radical (unpaired) electrons. The molecule has 112 valence electrons. The Bertz CT molecular complexity index is 588. The van der Waals surface area contributed by atoms with Gasteiger partial charge in [0.05, 0.1) is 4.90 Å². The zero-order valence-electron chi connectivity index (χ0n) is 10.3. The smallest absolute Gasteiger partial charge is 0.384 e. The van der Waals surface area contributed by atoms with Crippen LogP contribution in [0.15, 0.2) is 23.1 Å². The minimum Gasteiger partial charge on any atom is -0.384 e. The second-order valence-corrected chi connectivity index (χ2v) is 7.11. The monoisotopic (exact) mass is 326 g/mol. The van der Waals surface area contributed by atoms with Crippen LogP contribution >= 0.6 is 11.8 Å². The van der Waals surface area contributed by atoms with E-state index < -0.39 is 15.5 Å². The highest BCUT2D eigenvalue weighted by Crippen LogP contribution is 2.29. The van der Waals surface area contributed by atoms with Gasteiger partial charge in [0, 0.05) is 24.5 Å². The first-order valence-corrected chi connectivity index (χ1v) is 8.32. The van der Waals surface area contributed by atoms with Crippen LogP contribution in [0.2, 0.25) is 0 Å². The number of hydrogen-bond donors (Lipinski definition) is 2. The maximum absolute atomic E-state index is 11.9. The molecule has 0 fully saturated rings. The van der Waals surface area contributed by atoms with Gasteiger partial charge in [0.2, 0.25) is 10.0 Å². The number of benzene rings is 1. The summed E-state index contributed by atoms with van der Waals surface area (Å²) in [5.74, 6) is -0.355. The molecule has 4 nitrogen and oxygen atoms in total. The van der Waals surface area contributed by atoms with Gasteiger partial charge in [-0.1, -0.05) is 6.07 Å². The molecule has 0 aliphatic carbocycles. The molecule has 0 saturated heterocycles. The van der Waals surface area contributed by atoms with Crippen LogP contribution in [0.3, 0.4) is 0 Å². The first-order valence-electron chi connectivity index (χ1n) is 5.85. The Kier molecular flexibility index (Phi) is 4.50. The van der Waals surface area contributed by atoms with Gasteiger partial charge in [-0.05, 0) is 35.9 Å². The van der Waals surface area contributed by atoms with Gasteiger partial charge in [-0.25, -0.2) is 13.1 Å². The lowest BCUT2D eigenvalue weighted by Gasteiger charge is -2.09. The van der Waals surface area contributed by atoms with E-state index in [0.29, 0.717) is 0 Å². The molecule has 0 aromatic heterocycles. The van der Waals surface area contributed by atoms with Gasteiger partial charge in [-0.3, -0.25) is 0 Å². The summed E-state index contributed by atoms with van der Waals surface area (Å²) in [4.78, 5) is 0.0580. The summed E-state index contributed by atoms with van der Waals surface area (Å²) in [5, 5.41) is 3.05. The predicted octanol–water partition coefficient (Wildman–Crippen LogP) is 2.19. The maximum atomic E-state index is 11.9. The second-order valence-electron chi connectivity index (χ2n) is 4.19. The second kappa shape index (κ2) is 5.82. The van der Waals surface area contributed by atoms with Crippen molar-refractivity contribution in [1.29, 1.82) is 0 Å². The Morgan fingerprint density at radius 2 is 2.10 bits per heavy atom. The number of alkyl halides is 3. The molecule has 0 spiro atoms. The van der Waals surface area contributed by atoms with Crippen LogP contribution in [0.25, 0.3) is 0 Å². The van der Waals surface area contributed by atoms with E-state index >= 15 is 0 Å². The molecule has 2 rings (SSSR count). The van der Waals surface area contributed by atoms with E-state index in [9.17, 15) is 21.6 Å². The van der Waals surface area contributed by atoms with E-state index in [1.165, 1.54) is 12.1 Å². The Morgan fingerprint density at radius 1 is 1.35 bits per heavy atom. The molecule has 1 aliphatic rings. The molecular weight excluding hydrogens is 313 g/mol. The lowest BCUT2D eigenvalue weighted by molar-refractivity contribution is -0.0327. The van der Waals surface area contributed by atoms with Gasteiger partial charge in [0.25, 0.3) is 0 Å². The number of thioether (sulfide) groups is 1. The molecule has 9 heteroatoms. The van der Waals surface area contributed by atoms with E-state index in [-0.39, 0.29) is 29.0 Å². The Balaban J connectivity index is 1.97. The lowest BCUT2D eigenvalue weighted by atomic mass is 10.2. The van der Waals surface area contributed by atoms with Gasteiger partial charge in [-0.2, -0.15) is 13.2 Å². The summed E-state index contributed by atoms with van der Waals surface area (Å²) in [6.07, 6.45) is 0.839. The van der Waals surface area contributed by atoms with Crippen molar-refractivity contribution in [3.8, 4) is 0 Å². The Morgan fingerprint density at radius 3 is 2.80 bits per heavy atom. The molecule has 1 aromatic rings. The van der Waals surface area contributed by atoms with Crippen LogP contribution in [0.1, 0.15) is 5.56 Å². The number of halogens is 3. The topological polar surface area (TPSA) is 58.2 Å². The molecule has 1 heterocycles. The summed E-state index contributed by atoms with van der Waals surface area (Å²) in [6, 6.07) is 4.68. The minimum absolute atomic E-state index is 0.0580. The van der Waals surface area contributed by atoms with Crippen LogP contribution in [0.4, 0.5) is 18.9 Å². The number of fused-ring (bicyclic) bond motifs is 1. The van der Waals surface area contributed by atoms with Crippen molar-refractivity contribution in [2.45, 2.75) is 16.8 Å². The number of nitrogens with one attached hydrogen (secondary N) is 2. The van der Waals surface area contributed by atoms with E-state index in [0.717, 1.165) is 24.2 Å². The zero-order valence-corrected chi connectivity index (χ0v) is 12.0. The fraction of sp³-hybridized carbons (Fsp3) is 0.455. The van der Waals surface area contributed by atoms with E-state index in [4.69, 9.17) is 0 Å². The zero-order chi connectivity index (χ0) is 14.8. The summed E-state index contributed by atoms with van der Waals surface area (Å²) >= 11 is -0.250. The predicted molar refractivity (Wildman–Crippen MR) is 72.3 cm³/mol. The minimum atomic E-state index is -4.34. The van der Waals surface area contributed by atoms with Crippen molar-refractivity contribution in [2.75, 3.05) is 24.2 Å². The van der Waals surface area contributed by atoms with Crippen molar-refractivity contribution >= 4 is 27.5 Å². The number of anilines is 1. The standard InChI is InChI=1S/C11H13F3N2O2S2/c12-11(13,14)19-6-5-16-20(17,18)9-2-1-8-3-4-15-10(8)7-9/h1-2,7,15-16H,3-6H2. The number of rotatable bonds is 5. The maximum Gasteiger partial charge on any atom is 0.441 e. The molecule has 0 unspecified atom stereocenters. The summed E-state index contributed by atoms with van der Waals surface area (Å²) < 4.78 is 61.8. The summed E-state index contributed by atoms with van der Waals surface area (Å²) in [6.45, 7) is 0.492. The quantitative estimate of drug-likeness (QED) is 0.815. The molecule has 20 heavy (non-hydrogen) atoms. The highest BCUT2D eigenvalue weighted by molar-refractivity contribution is 8.00. The SMILES string of the molecule is O=S(=O)(NCCSC(F)(F)F)c1ccc2c(c1)NCC2. The average Bonchev–Trinajstić information content (AvgIpc) is 2.80. The number of hydrogen-bond acceptors (Lipinski definition) is 4. The molecule has 1 aromatic carbocycles. The van der Waals surface area contributed by atoms with Crippen LogP contribution in [0.5, 0.6) is 0 Å². The normalized spacial score (nSPS) is 14.9. The highest BCUT2D eigenvalue weighted by atomic mass is 32.2. The van der Waals surface area contributed by atoms with Crippen LogP contribution < -0.4 is 10.0 Å². The van der Waals surface area contributed by atoms with Crippen LogP contribution in [0, 0.1) is 0 Å². The van der Waals surface area contributed by atoms with E-state index in [1.54, 1.807) is 6.07 Å². The Hall–Kier alpha value is -0.930. The fourth-order valence-electron chi connectivity index (χ4n) is 1.86. The first-order chi connectivity index (χ1) is 9.28. The third-order valence-corrected chi connectivity index (χ3v) is 4.96. The van der Waals surface area contributed by atoms with Crippen LogP contribution in [-0.4, -0.2) is 32.8 Å². The molecule has 0 atom stereocenters. The van der Waals surface area contributed by atoms with Crippen molar-refractivity contribution in [1.82, 2.24) is 4.72 Å². The van der Waals surface area contributed by atoms with Crippen LogP contribution in [-0.2, 0) is 16.4 Å². The lowest BCUT2D eigenvalue weighted by Crippen LogP contribution is -2.26. The molecule has 0 amide bonds. The Labute approximate surface area is 119 Å². The molecular formula is C11H13F3N2O2S2. The van der Waals surface area contributed by atoms with Gasteiger partial charge >= 0.3 is 5.51 Å². The number of sulfonamides is 1. The highest BCUT2D eigenvalue weighted by Gasteiger charge is 2.27. The molecule has 2 N–H and O–H groups in total. The molecule has 1 aliphatic heterocycles. The van der Waals surface area contributed by atoms with Crippen molar-refractivity contribution in [3.63, 3.8) is 0 Å². The largest absolute Gasteiger partial charge is 0.441 e. The van der Waals surface area contributed by atoms with Crippen molar-refractivity contribution in [2.24, 2.45) is 0 Å². The van der Waals surface area contributed by atoms with E-state index in [2.05, 4.69) is 10.0 Å². The average molecular weight is 326 g/mol. The third-order valence-electron chi connectivity index (χ3n) is 2.76. The van der Waals surface area contributed by atoms with Gasteiger partial charge < -0.3 is 5.32 Å². The van der Waals surface area contributed by atoms with E-state index in [1.807, 2.05) is 0 Å². The molecule has 0 bridgehead atoms. The summed E-state index contributed by atoms with van der Waals surface area (Å²) in [7, 11) is -3.77. The fourth-order valence-corrected chi connectivity index (χ4v) is 3.49. The van der Waals surface area contributed by atoms with Gasteiger partial charge in [0.1, 0.15) is 0 Å².